The molecule has 0 bridgehead atoms. The molecule has 3 aromatic rings. The second kappa shape index (κ2) is 9.84. The van der Waals surface area contributed by atoms with Gasteiger partial charge in [-0.3, -0.25) is 9.78 Å². The average molecular weight is 417 g/mol. The summed E-state index contributed by atoms with van der Waals surface area (Å²) in [5.41, 5.74) is 0.767. The second-order valence-electron chi connectivity index (χ2n) is 7.23. The highest BCUT2D eigenvalue weighted by atomic mass is 16.6. The summed E-state index contributed by atoms with van der Waals surface area (Å²) in [5.74, 6) is -0.346. The van der Waals surface area contributed by atoms with Gasteiger partial charge in [0.2, 0.25) is 12.0 Å². The number of amides is 1. The van der Waals surface area contributed by atoms with Crippen molar-refractivity contribution in [2.75, 3.05) is 13.1 Å². The van der Waals surface area contributed by atoms with Gasteiger partial charge in [-0.15, -0.1) is 0 Å². The maximum atomic E-state index is 13.2. The third-order valence-corrected chi connectivity index (χ3v) is 5.06. The molecular weight excluding hydrogens is 394 g/mol. The molecule has 1 aromatic carbocycles. The monoisotopic (exact) mass is 417 g/mol. The molecule has 4 rings (SSSR count). The zero-order valence-electron chi connectivity index (χ0n) is 17.0. The molecule has 0 saturated carbocycles. The van der Waals surface area contributed by atoms with Crippen molar-refractivity contribution in [3.63, 3.8) is 0 Å². The van der Waals surface area contributed by atoms with Crippen LogP contribution in [-0.4, -0.2) is 39.8 Å². The first-order valence-electron chi connectivity index (χ1n) is 10.3. The van der Waals surface area contributed by atoms with E-state index in [1.54, 1.807) is 47.5 Å². The molecule has 0 aliphatic carbocycles. The van der Waals surface area contributed by atoms with Crippen LogP contribution in [0.3, 0.4) is 0 Å². The van der Waals surface area contributed by atoms with Crippen molar-refractivity contribution < 1.29 is 19.1 Å². The highest BCUT2D eigenvalue weighted by molar-refractivity contribution is 5.94. The molecule has 7 nitrogen and oxygen atoms in total. The number of rotatable bonds is 6. The van der Waals surface area contributed by atoms with Crippen LogP contribution in [0.15, 0.2) is 73.2 Å². The maximum Gasteiger partial charge on any atom is 0.344 e. The zero-order chi connectivity index (χ0) is 21.5. The lowest BCUT2D eigenvalue weighted by atomic mass is 10.1. The fourth-order valence-corrected chi connectivity index (χ4v) is 3.49. The number of likely N-dealkylation sites (tertiary alicyclic amines) is 1. The van der Waals surface area contributed by atoms with Gasteiger partial charge in [0.25, 0.3) is 5.91 Å². The van der Waals surface area contributed by atoms with Gasteiger partial charge in [-0.1, -0.05) is 30.3 Å². The maximum absolute atomic E-state index is 13.2. The van der Waals surface area contributed by atoms with Crippen molar-refractivity contribution in [3.05, 3.63) is 84.3 Å². The minimum atomic E-state index is -1.03. The fraction of sp³-hybridized carbons (Fsp3) is 0.250. The predicted molar refractivity (Wildman–Crippen MR) is 114 cm³/mol. The Hall–Kier alpha value is -3.74. The molecule has 1 unspecified atom stereocenters. The minimum Gasteiger partial charge on any atom is -0.444 e. The number of hydrogen-bond acceptors (Lipinski definition) is 6. The number of ether oxygens (including phenoxy) is 2. The van der Waals surface area contributed by atoms with Gasteiger partial charge in [0.15, 0.2) is 0 Å². The number of benzene rings is 1. The number of nitrogens with zero attached hydrogens (tertiary/aromatic N) is 3. The van der Waals surface area contributed by atoms with E-state index in [9.17, 15) is 9.59 Å². The SMILES string of the molecule is O=C(OC(C(=O)N1CCCCC1)c1ccccc1)c1cccnc1Oc1cccnc1. The van der Waals surface area contributed by atoms with Crippen molar-refractivity contribution in [3.8, 4) is 11.6 Å². The minimum absolute atomic E-state index is 0.0951. The highest BCUT2D eigenvalue weighted by Crippen LogP contribution is 2.27. The summed E-state index contributed by atoms with van der Waals surface area (Å²) >= 11 is 0. The van der Waals surface area contributed by atoms with E-state index in [1.165, 1.54) is 12.4 Å². The van der Waals surface area contributed by atoms with Crippen molar-refractivity contribution in [2.24, 2.45) is 0 Å². The van der Waals surface area contributed by atoms with Gasteiger partial charge in [-0.2, -0.15) is 0 Å². The third-order valence-electron chi connectivity index (χ3n) is 5.06. The van der Waals surface area contributed by atoms with Crippen LogP contribution in [0.4, 0.5) is 0 Å². The van der Waals surface area contributed by atoms with Gasteiger partial charge >= 0.3 is 5.97 Å². The van der Waals surface area contributed by atoms with Crippen molar-refractivity contribution in [1.29, 1.82) is 0 Å². The number of aromatic nitrogens is 2. The third kappa shape index (κ3) is 5.06. The second-order valence-corrected chi connectivity index (χ2v) is 7.23. The molecular formula is C24H23N3O4. The van der Waals surface area contributed by atoms with Crippen molar-refractivity contribution in [1.82, 2.24) is 14.9 Å². The number of carbonyl (C=O) groups excluding carboxylic acids is 2. The lowest BCUT2D eigenvalue weighted by Gasteiger charge is -2.30. The molecule has 7 heteroatoms. The van der Waals surface area contributed by atoms with Gasteiger partial charge in [-0.25, -0.2) is 9.78 Å². The molecule has 2 aromatic heterocycles. The molecule has 0 spiro atoms. The van der Waals surface area contributed by atoms with E-state index in [0.717, 1.165) is 19.3 Å². The number of esters is 1. The Bertz CT molecular complexity index is 1020. The van der Waals surface area contributed by atoms with Gasteiger partial charge in [0.05, 0.1) is 6.20 Å². The first kappa shape index (κ1) is 20.5. The van der Waals surface area contributed by atoms with Gasteiger partial charge in [0.1, 0.15) is 11.3 Å². The number of hydrogen-bond donors (Lipinski definition) is 0. The van der Waals surface area contributed by atoms with Crippen LogP contribution in [0.1, 0.15) is 41.3 Å². The number of piperidine rings is 1. The Morgan fingerprint density at radius 1 is 0.903 bits per heavy atom. The summed E-state index contributed by atoms with van der Waals surface area (Å²) in [7, 11) is 0. The first-order chi connectivity index (χ1) is 15.2. The predicted octanol–water partition coefficient (Wildman–Crippen LogP) is 4.18. The molecule has 1 amide bonds. The van der Waals surface area contributed by atoms with E-state index in [-0.39, 0.29) is 17.4 Å². The lowest BCUT2D eigenvalue weighted by Crippen LogP contribution is -2.40. The Morgan fingerprint density at radius 2 is 1.68 bits per heavy atom. The molecule has 1 saturated heterocycles. The van der Waals surface area contributed by atoms with Crippen molar-refractivity contribution in [2.45, 2.75) is 25.4 Å². The Balaban J connectivity index is 1.59. The summed E-state index contributed by atoms with van der Waals surface area (Å²) in [6.07, 6.45) is 6.64. The van der Waals surface area contributed by atoms with Crippen molar-refractivity contribution >= 4 is 11.9 Å². The van der Waals surface area contributed by atoms with Crippen LogP contribution in [0.25, 0.3) is 0 Å². The lowest BCUT2D eigenvalue weighted by molar-refractivity contribution is -0.142. The Kier molecular flexibility index (Phi) is 6.52. The number of carbonyl (C=O) groups is 2. The van der Waals surface area contributed by atoms with Crippen LogP contribution in [0.5, 0.6) is 11.6 Å². The quantitative estimate of drug-likeness (QED) is 0.560. The van der Waals surface area contributed by atoms with E-state index >= 15 is 0 Å². The van der Waals surface area contributed by atoms with Crippen LogP contribution >= 0.6 is 0 Å². The zero-order valence-corrected chi connectivity index (χ0v) is 17.0. The molecule has 158 valence electrons. The molecule has 0 N–H and O–H groups in total. The standard InChI is InChI=1S/C24H23N3O4/c28-23(27-15-5-2-6-16-27)21(18-9-3-1-4-10-18)31-24(29)20-12-8-14-26-22(20)30-19-11-7-13-25-17-19/h1,3-4,7-14,17,21H,2,5-6,15-16H2. The van der Waals surface area contributed by atoms with E-state index < -0.39 is 12.1 Å². The number of pyridine rings is 2. The molecule has 1 aliphatic rings. The largest absolute Gasteiger partial charge is 0.444 e. The summed E-state index contributed by atoms with van der Waals surface area (Å²) in [5, 5.41) is 0. The van der Waals surface area contributed by atoms with Crippen LogP contribution < -0.4 is 4.74 Å². The topological polar surface area (TPSA) is 81.6 Å². The molecule has 1 fully saturated rings. The van der Waals surface area contributed by atoms with E-state index in [4.69, 9.17) is 9.47 Å². The molecule has 3 heterocycles. The molecule has 1 atom stereocenters. The van der Waals surface area contributed by atoms with E-state index in [2.05, 4.69) is 9.97 Å². The van der Waals surface area contributed by atoms with Crippen LogP contribution in [0, 0.1) is 0 Å². The van der Waals surface area contributed by atoms with E-state index in [1.807, 2.05) is 18.2 Å². The first-order valence-corrected chi connectivity index (χ1v) is 10.3. The average Bonchev–Trinajstić information content (AvgIpc) is 2.84. The van der Waals surface area contributed by atoms with Crippen LogP contribution in [0.2, 0.25) is 0 Å². The van der Waals surface area contributed by atoms with Gasteiger partial charge in [0, 0.05) is 31.0 Å². The smallest absolute Gasteiger partial charge is 0.344 e. The fourth-order valence-electron chi connectivity index (χ4n) is 3.49. The summed E-state index contributed by atoms with van der Waals surface area (Å²) < 4.78 is 11.5. The van der Waals surface area contributed by atoms with E-state index in [0.29, 0.717) is 24.4 Å². The highest BCUT2D eigenvalue weighted by Gasteiger charge is 2.31. The molecule has 1 aliphatic heterocycles. The summed E-state index contributed by atoms with van der Waals surface area (Å²) in [6.45, 7) is 1.34. The molecule has 31 heavy (non-hydrogen) atoms. The Morgan fingerprint density at radius 3 is 2.42 bits per heavy atom. The molecule has 0 radical (unpaired) electrons. The summed E-state index contributed by atoms with van der Waals surface area (Å²) in [6, 6.07) is 15.7. The summed E-state index contributed by atoms with van der Waals surface area (Å²) in [4.78, 5) is 36.3. The van der Waals surface area contributed by atoms with Gasteiger partial charge in [-0.05, 0) is 43.5 Å². The Labute approximate surface area is 180 Å². The van der Waals surface area contributed by atoms with Crippen LogP contribution in [-0.2, 0) is 9.53 Å². The normalized spacial score (nSPS) is 14.5. The van der Waals surface area contributed by atoms with Gasteiger partial charge < -0.3 is 14.4 Å².